The Morgan fingerprint density at radius 1 is 1.10 bits per heavy atom. The number of phenols is 1. The minimum absolute atomic E-state index is 0.229. The third kappa shape index (κ3) is 5.32. The Morgan fingerprint density at radius 3 is 2.67 bits per heavy atom. The van der Waals surface area contributed by atoms with E-state index in [9.17, 15) is 5.11 Å². The average molecular weight is 539 g/mol. The van der Waals surface area contributed by atoms with E-state index < -0.39 is 0 Å². The Kier molecular flexibility index (Phi) is 7.15. The lowest BCUT2D eigenvalue weighted by Crippen LogP contribution is -2.35. The van der Waals surface area contributed by atoms with E-state index in [4.69, 9.17) is 9.47 Å². The second-order valence-corrected chi connectivity index (χ2v) is 11.7. The largest absolute Gasteiger partial charge is 0.508 e. The summed E-state index contributed by atoms with van der Waals surface area (Å²) < 4.78 is 12.8. The number of thiazole rings is 1. The zero-order chi connectivity index (χ0) is 26.9. The van der Waals surface area contributed by atoms with Crippen molar-refractivity contribution in [2.75, 3.05) is 19.7 Å². The monoisotopic (exact) mass is 538 g/mol. The number of aromatic nitrogens is 1. The molecule has 0 saturated carbocycles. The standard InChI is InChI=1S/C33H34N2O3S/c1-21-13-14-35(18-21)22(2)19-37-28-10-7-24(8-11-28)33-32(23(3)29-16-27(36)9-12-30(29)38-33)26-6-4-5-25(15-26)31-17-34-20-39-31/h4-12,15-17,20-22,33,36H,13-14,18-19H2,1-3H3/t21-,22+,33?/m1/s1. The summed E-state index contributed by atoms with van der Waals surface area (Å²) in [5.41, 5.74) is 8.22. The number of ether oxygens (including phenoxy) is 2. The first-order valence-corrected chi connectivity index (χ1v) is 14.5. The van der Waals surface area contributed by atoms with E-state index in [2.05, 4.69) is 67.1 Å². The van der Waals surface area contributed by atoms with Gasteiger partial charge in [-0.3, -0.25) is 9.88 Å². The maximum Gasteiger partial charge on any atom is 0.150 e. The molecule has 0 spiro atoms. The maximum absolute atomic E-state index is 10.2. The SMILES string of the molecule is CC1=C(c2cccc(-c3cncs3)c2)C(c2ccc(OC[C@H](C)N3CC[C@@H](C)C3)cc2)Oc2ccc(O)cc21. The molecule has 0 bridgehead atoms. The molecular formula is C33H34N2O3S. The zero-order valence-electron chi connectivity index (χ0n) is 22.6. The van der Waals surface area contributed by atoms with E-state index in [1.807, 2.05) is 29.9 Å². The lowest BCUT2D eigenvalue weighted by Gasteiger charge is -2.31. The van der Waals surface area contributed by atoms with Crippen LogP contribution in [0.15, 0.2) is 78.4 Å². The fraction of sp³-hybridized carbons (Fsp3) is 0.303. The van der Waals surface area contributed by atoms with E-state index in [1.165, 1.54) is 6.42 Å². The summed E-state index contributed by atoms with van der Waals surface area (Å²) in [5.74, 6) is 2.64. The van der Waals surface area contributed by atoms with Gasteiger partial charge in [0.2, 0.25) is 0 Å². The number of benzene rings is 3. The van der Waals surface area contributed by atoms with Crippen LogP contribution in [0.3, 0.4) is 0 Å². The van der Waals surface area contributed by atoms with E-state index >= 15 is 0 Å². The maximum atomic E-state index is 10.2. The van der Waals surface area contributed by atoms with Crippen LogP contribution in [0.1, 0.15) is 50.0 Å². The average Bonchev–Trinajstić information content (AvgIpc) is 3.65. The summed E-state index contributed by atoms with van der Waals surface area (Å²) in [4.78, 5) is 7.90. The number of fused-ring (bicyclic) bond motifs is 1. The van der Waals surface area contributed by atoms with Crippen LogP contribution >= 0.6 is 11.3 Å². The number of nitrogens with zero attached hydrogens (tertiary/aromatic N) is 2. The number of rotatable bonds is 7. The predicted octanol–water partition coefficient (Wildman–Crippen LogP) is 7.69. The van der Waals surface area contributed by atoms with Gasteiger partial charge in [-0.15, -0.1) is 11.3 Å². The summed E-state index contributed by atoms with van der Waals surface area (Å²) in [7, 11) is 0. The Bertz CT molecular complexity index is 1480. The molecule has 0 aliphatic carbocycles. The molecule has 1 saturated heterocycles. The summed E-state index contributed by atoms with van der Waals surface area (Å²) in [6.07, 6.45) is 2.88. The number of hydrogen-bond donors (Lipinski definition) is 1. The topological polar surface area (TPSA) is 54.8 Å². The van der Waals surface area contributed by atoms with Crippen molar-refractivity contribution < 1.29 is 14.6 Å². The molecule has 200 valence electrons. The van der Waals surface area contributed by atoms with Gasteiger partial charge in [0.1, 0.15) is 30.0 Å². The number of hydrogen-bond acceptors (Lipinski definition) is 6. The molecule has 2 aliphatic rings. The predicted molar refractivity (Wildman–Crippen MR) is 158 cm³/mol. The van der Waals surface area contributed by atoms with Crippen LogP contribution in [0.5, 0.6) is 17.2 Å². The third-order valence-corrected chi connectivity index (χ3v) is 8.74. The summed E-state index contributed by atoms with van der Waals surface area (Å²) in [6, 6.07) is 22.5. The highest BCUT2D eigenvalue weighted by atomic mass is 32.1. The Labute approximate surface area is 234 Å². The lowest BCUT2D eigenvalue weighted by molar-refractivity contribution is 0.169. The van der Waals surface area contributed by atoms with Gasteiger partial charge in [-0.1, -0.05) is 37.3 Å². The minimum Gasteiger partial charge on any atom is -0.508 e. The van der Waals surface area contributed by atoms with Gasteiger partial charge in [0.25, 0.3) is 0 Å². The van der Waals surface area contributed by atoms with Crippen molar-refractivity contribution in [2.24, 2.45) is 5.92 Å². The van der Waals surface area contributed by atoms with Crippen molar-refractivity contribution in [1.29, 1.82) is 0 Å². The molecule has 3 aromatic carbocycles. The number of allylic oxidation sites excluding steroid dienone is 1. The van der Waals surface area contributed by atoms with Gasteiger partial charge in [0.05, 0.1) is 10.4 Å². The van der Waals surface area contributed by atoms with Gasteiger partial charge in [-0.2, -0.15) is 0 Å². The van der Waals surface area contributed by atoms with Crippen LogP contribution < -0.4 is 9.47 Å². The highest BCUT2D eigenvalue weighted by Crippen LogP contribution is 2.48. The molecule has 2 aliphatic heterocycles. The quantitative estimate of drug-likeness (QED) is 0.261. The molecule has 3 atom stereocenters. The van der Waals surface area contributed by atoms with Gasteiger partial charge >= 0.3 is 0 Å². The van der Waals surface area contributed by atoms with Crippen LogP contribution in [0, 0.1) is 5.92 Å². The van der Waals surface area contributed by atoms with Crippen molar-refractivity contribution in [3.8, 4) is 27.7 Å². The Hall–Kier alpha value is -3.61. The molecule has 1 aromatic heterocycles. The summed E-state index contributed by atoms with van der Waals surface area (Å²) in [5, 5.41) is 10.2. The molecular weight excluding hydrogens is 504 g/mol. The second kappa shape index (κ2) is 10.9. The normalized spacial score (nSPS) is 20.0. The van der Waals surface area contributed by atoms with Gasteiger partial charge in [-0.05, 0) is 91.4 Å². The molecule has 1 N–H and O–H groups in total. The van der Waals surface area contributed by atoms with Crippen molar-refractivity contribution in [2.45, 2.75) is 39.3 Å². The first-order chi connectivity index (χ1) is 19.0. The molecule has 3 heterocycles. The fourth-order valence-electron chi connectivity index (χ4n) is 5.67. The third-order valence-electron chi connectivity index (χ3n) is 7.92. The number of aromatic hydroxyl groups is 1. The van der Waals surface area contributed by atoms with Gasteiger partial charge in [0, 0.05) is 29.9 Å². The van der Waals surface area contributed by atoms with E-state index in [0.717, 1.165) is 68.8 Å². The molecule has 6 heteroatoms. The first-order valence-electron chi connectivity index (χ1n) is 13.6. The van der Waals surface area contributed by atoms with E-state index in [-0.39, 0.29) is 11.9 Å². The summed E-state index contributed by atoms with van der Waals surface area (Å²) in [6.45, 7) is 9.67. The van der Waals surface area contributed by atoms with Crippen LogP contribution in [0.25, 0.3) is 21.6 Å². The van der Waals surface area contributed by atoms with Crippen molar-refractivity contribution in [3.63, 3.8) is 0 Å². The van der Waals surface area contributed by atoms with Crippen LogP contribution in [0.2, 0.25) is 0 Å². The number of likely N-dealkylation sites (tertiary alicyclic amines) is 1. The van der Waals surface area contributed by atoms with Crippen molar-refractivity contribution in [3.05, 3.63) is 95.1 Å². The van der Waals surface area contributed by atoms with Gasteiger partial charge < -0.3 is 14.6 Å². The molecule has 39 heavy (non-hydrogen) atoms. The second-order valence-electron chi connectivity index (χ2n) is 10.8. The van der Waals surface area contributed by atoms with Gasteiger partial charge in [-0.25, -0.2) is 0 Å². The molecule has 4 aromatic rings. The van der Waals surface area contributed by atoms with E-state index in [1.54, 1.807) is 23.5 Å². The highest BCUT2D eigenvalue weighted by molar-refractivity contribution is 7.13. The minimum atomic E-state index is -0.294. The molecule has 1 fully saturated rings. The fourth-order valence-corrected chi connectivity index (χ4v) is 6.29. The first kappa shape index (κ1) is 25.7. The lowest BCUT2D eigenvalue weighted by atomic mass is 9.85. The molecule has 0 amide bonds. The van der Waals surface area contributed by atoms with Gasteiger partial charge in [0.15, 0.2) is 0 Å². The van der Waals surface area contributed by atoms with Crippen molar-refractivity contribution >= 4 is 22.5 Å². The van der Waals surface area contributed by atoms with E-state index in [0.29, 0.717) is 12.6 Å². The van der Waals surface area contributed by atoms with Crippen LogP contribution in [-0.4, -0.2) is 40.7 Å². The van der Waals surface area contributed by atoms with Crippen LogP contribution in [0.4, 0.5) is 0 Å². The highest BCUT2D eigenvalue weighted by Gasteiger charge is 2.30. The molecule has 6 rings (SSSR count). The summed E-state index contributed by atoms with van der Waals surface area (Å²) >= 11 is 1.63. The smallest absolute Gasteiger partial charge is 0.150 e. The molecule has 0 radical (unpaired) electrons. The van der Waals surface area contributed by atoms with Crippen molar-refractivity contribution in [1.82, 2.24) is 9.88 Å². The number of phenolic OH excluding ortho intramolecular Hbond substituents is 1. The van der Waals surface area contributed by atoms with Crippen LogP contribution in [-0.2, 0) is 0 Å². The Balaban J connectivity index is 1.30. The Morgan fingerprint density at radius 2 is 1.92 bits per heavy atom. The zero-order valence-corrected chi connectivity index (χ0v) is 23.4. The molecule has 5 nitrogen and oxygen atoms in total. The molecule has 1 unspecified atom stereocenters.